The second-order valence-electron chi connectivity index (χ2n) is 11.5. The number of phenols is 1. The molecule has 3 atom stereocenters. The number of anilines is 1. The van der Waals surface area contributed by atoms with Crippen LogP contribution in [0.3, 0.4) is 0 Å². The van der Waals surface area contributed by atoms with Crippen LogP contribution in [0.4, 0.5) is 10.2 Å². The lowest BCUT2D eigenvalue weighted by Gasteiger charge is -2.33. The van der Waals surface area contributed by atoms with Gasteiger partial charge in [0.05, 0.1) is 5.02 Å². The Morgan fingerprint density at radius 1 is 1.05 bits per heavy atom. The van der Waals surface area contributed by atoms with Gasteiger partial charge < -0.3 is 19.6 Å². The van der Waals surface area contributed by atoms with E-state index in [9.17, 15) is 5.11 Å². The minimum absolute atomic E-state index is 0.0520. The van der Waals surface area contributed by atoms with Crippen molar-refractivity contribution in [3.05, 3.63) is 53.3 Å². The number of aromatic hydroxyl groups is 1. The molecule has 2 saturated heterocycles. The average molecular weight is 547 g/mol. The summed E-state index contributed by atoms with van der Waals surface area (Å²) in [6.07, 6.45) is 5.90. The predicted molar refractivity (Wildman–Crippen MR) is 153 cm³/mol. The number of hydrogen-bond acceptors (Lipinski definition) is 6. The van der Waals surface area contributed by atoms with E-state index in [0.717, 1.165) is 43.2 Å². The number of aromatic nitrogens is 2. The molecule has 1 aliphatic carbocycles. The van der Waals surface area contributed by atoms with Gasteiger partial charge in [-0.2, -0.15) is 9.97 Å². The minimum atomic E-state index is -0.528. The maximum absolute atomic E-state index is 16.6. The Hall–Kier alpha value is -3.16. The van der Waals surface area contributed by atoms with Crippen molar-refractivity contribution in [2.75, 3.05) is 38.2 Å². The molecule has 4 aromatic rings. The number of rotatable bonds is 5. The van der Waals surface area contributed by atoms with E-state index in [1.807, 2.05) is 24.3 Å². The number of likely N-dealkylation sites (tertiary alicyclic amines) is 1. The Morgan fingerprint density at radius 2 is 1.85 bits per heavy atom. The van der Waals surface area contributed by atoms with Gasteiger partial charge in [0.25, 0.3) is 0 Å². The lowest BCUT2D eigenvalue weighted by molar-refractivity contribution is 0.188. The SMILES string of the molecule is CN1CCC[C@H]1COc1nc(N2CC3CCC(C3)C2)c2cc(Cl)c(-c3cc(O)cc4ccccc34)c(F)c2n1. The molecule has 1 aromatic heterocycles. The zero-order valence-corrected chi connectivity index (χ0v) is 22.8. The molecule has 6 nitrogen and oxygen atoms in total. The largest absolute Gasteiger partial charge is 0.508 e. The number of likely N-dealkylation sites (N-methyl/N-ethyl adjacent to an activating group) is 1. The summed E-state index contributed by atoms with van der Waals surface area (Å²) in [4.78, 5) is 14.1. The molecule has 2 unspecified atom stereocenters. The molecule has 3 heterocycles. The van der Waals surface area contributed by atoms with Gasteiger partial charge in [-0.15, -0.1) is 0 Å². The van der Waals surface area contributed by atoms with Crippen molar-refractivity contribution in [1.82, 2.24) is 14.9 Å². The number of nitrogens with zero attached hydrogens (tertiary/aromatic N) is 4. The Morgan fingerprint density at radius 3 is 2.62 bits per heavy atom. The van der Waals surface area contributed by atoms with Gasteiger partial charge >= 0.3 is 6.01 Å². The standard InChI is InChI=1S/C31H32ClFN4O2/c1-36-10-4-6-21(36)17-39-31-34-29-25(30(35-31)37-15-18-8-9-19(11-18)16-37)14-26(32)27(28(29)33)24-13-22(38)12-20-5-2-3-7-23(20)24/h2-3,5,7,12-14,18-19,21,38H,4,6,8-11,15-17H2,1H3/t18?,19?,21-/m0/s1. The Kier molecular flexibility index (Phi) is 6.24. The maximum Gasteiger partial charge on any atom is 0.319 e. The van der Waals surface area contributed by atoms with Crippen LogP contribution >= 0.6 is 11.6 Å². The van der Waals surface area contributed by atoms with Gasteiger partial charge in [0, 0.05) is 30.1 Å². The Labute approximate surface area is 232 Å². The molecule has 39 heavy (non-hydrogen) atoms. The van der Waals surface area contributed by atoms with Crippen molar-refractivity contribution in [2.24, 2.45) is 11.8 Å². The van der Waals surface area contributed by atoms with E-state index in [1.165, 1.54) is 19.3 Å². The van der Waals surface area contributed by atoms with E-state index < -0.39 is 5.82 Å². The normalized spacial score (nSPS) is 23.3. The maximum atomic E-state index is 16.6. The van der Waals surface area contributed by atoms with E-state index in [-0.39, 0.29) is 27.9 Å². The quantitative estimate of drug-likeness (QED) is 0.302. The van der Waals surface area contributed by atoms with Crippen molar-refractivity contribution in [3.63, 3.8) is 0 Å². The predicted octanol–water partition coefficient (Wildman–Crippen LogP) is 6.66. The van der Waals surface area contributed by atoms with Crippen LogP contribution < -0.4 is 9.64 Å². The highest BCUT2D eigenvalue weighted by molar-refractivity contribution is 6.35. The van der Waals surface area contributed by atoms with Gasteiger partial charge in [-0.25, -0.2) is 4.39 Å². The average Bonchev–Trinajstić information content (AvgIpc) is 3.50. The van der Waals surface area contributed by atoms with Crippen LogP contribution in [0.1, 0.15) is 32.1 Å². The van der Waals surface area contributed by atoms with Crippen LogP contribution in [0, 0.1) is 17.7 Å². The van der Waals surface area contributed by atoms with Gasteiger partial charge in [-0.1, -0.05) is 35.9 Å². The van der Waals surface area contributed by atoms with Crippen LogP contribution in [-0.4, -0.2) is 59.3 Å². The first-order chi connectivity index (χ1) is 18.9. The molecule has 1 saturated carbocycles. The molecular formula is C31H32ClFN4O2. The van der Waals surface area contributed by atoms with Gasteiger partial charge in [-0.05, 0) is 92.1 Å². The summed E-state index contributed by atoms with van der Waals surface area (Å²) < 4.78 is 22.8. The molecule has 8 heteroatoms. The van der Waals surface area contributed by atoms with Gasteiger partial charge in [0.1, 0.15) is 23.7 Å². The fourth-order valence-electron chi connectivity index (χ4n) is 6.96. The highest BCUT2D eigenvalue weighted by Crippen LogP contribution is 2.44. The van der Waals surface area contributed by atoms with Crippen LogP contribution in [0.2, 0.25) is 5.02 Å². The zero-order chi connectivity index (χ0) is 26.7. The molecule has 3 fully saturated rings. The summed E-state index contributed by atoms with van der Waals surface area (Å²) >= 11 is 6.85. The second-order valence-corrected chi connectivity index (χ2v) is 11.9. The number of hydrogen-bond donors (Lipinski definition) is 1. The molecule has 2 bridgehead atoms. The molecule has 3 aliphatic rings. The van der Waals surface area contributed by atoms with Gasteiger partial charge in [0.2, 0.25) is 0 Å². The fraction of sp³-hybridized carbons (Fsp3) is 0.419. The lowest BCUT2D eigenvalue weighted by atomic mass is 9.95. The van der Waals surface area contributed by atoms with Gasteiger partial charge in [0.15, 0.2) is 5.82 Å². The number of piperidine rings is 1. The first-order valence-corrected chi connectivity index (χ1v) is 14.3. The van der Waals surface area contributed by atoms with Crippen LogP contribution in [0.25, 0.3) is 32.8 Å². The van der Waals surface area contributed by atoms with E-state index in [1.54, 1.807) is 18.2 Å². The number of benzene rings is 3. The third-order valence-electron chi connectivity index (χ3n) is 8.94. The monoisotopic (exact) mass is 546 g/mol. The second kappa shape index (κ2) is 9.79. The molecule has 0 amide bonds. The van der Waals surface area contributed by atoms with Crippen molar-refractivity contribution in [2.45, 2.75) is 38.1 Å². The lowest BCUT2D eigenvalue weighted by Crippen LogP contribution is -2.37. The van der Waals surface area contributed by atoms with E-state index in [4.69, 9.17) is 21.3 Å². The highest BCUT2D eigenvalue weighted by Gasteiger charge is 2.35. The first-order valence-electron chi connectivity index (χ1n) is 13.9. The van der Waals surface area contributed by atoms with Gasteiger partial charge in [-0.3, -0.25) is 0 Å². The van der Waals surface area contributed by atoms with E-state index in [2.05, 4.69) is 21.8 Å². The molecule has 1 N–H and O–H groups in total. The smallest absolute Gasteiger partial charge is 0.319 e. The van der Waals surface area contributed by atoms with Crippen LogP contribution in [0.5, 0.6) is 11.8 Å². The molecule has 202 valence electrons. The number of phenolic OH excluding ortho intramolecular Hbond substituents is 1. The Bertz CT molecular complexity index is 1570. The molecule has 2 aliphatic heterocycles. The molecular weight excluding hydrogens is 515 g/mol. The molecule has 7 rings (SSSR count). The third-order valence-corrected chi connectivity index (χ3v) is 9.24. The zero-order valence-electron chi connectivity index (χ0n) is 22.0. The minimum Gasteiger partial charge on any atom is -0.508 e. The molecule has 0 spiro atoms. The summed E-state index contributed by atoms with van der Waals surface area (Å²) in [6, 6.07) is 13.1. The molecule has 3 aromatic carbocycles. The number of halogens is 2. The molecule has 0 radical (unpaired) electrons. The number of ether oxygens (including phenoxy) is 1. The van der Waals surface area contributed by atoms with Crippen molar-refractivity contribution >= 4 is 39.1 Å². The Balaban J connectivity index is 1.39. The summed E-state index contributed by atoms with van der Waals surface area (Å²) in [5, 5.41) is 12.9. The van der Waals surface area contributed by atoms with Crippen LogP contribution in [0.15, 0.2) is 42.5 Å². The summed E-state index contributed by atoms with van der Waals surface area (Å²) in [5.41, 5.74) is 0.946. The summed E-state index contributed by atoms with van der Waals surface area (Å²) in [7, 11) is 2.10. The highest BCUT2D eigenvalue weighted by atomic mass is 35.5. The van der Waals surface area contributed by atoms with Crippen LogP contribution in [-0.2, 0) is 0 Å². The fourth-order valence-corrected chi connectivity index (χ4v) is 7.25. The number of fused-ring (bicyclic) bond motifs is 4. The van der Waals surface area contributed by atoms with E-state index >= 15 is 4.39 Å². The van der Waals surface area contributed by atoms with Crippen molar-refractivity contribution in [3.8, 4) is 22.9 Å². The van der Waals surface area contributed by atoms with Crippen molar-refractivity contribution in [1.29, 1.82) is 0 Å². The summed E-state index contributed by atoms with van der Waals surface area (Å²) in [5.74, 6) is 1.47. The third kappa shape index (κ3) is 4.45. The van der Waals surface area contributed by atoms with E-state index in [0.29, 0.717) is 41.3 Å². The first kappa shape index (κ1) is 24.9. The topological polar surface area (TPSA) is 61.7 Å². The van der Waals surface area contributed by atoms with Crippen molar-refractivity contribution < 1.29 is 14.2 Å². The summed E-state index contributed by atoms with van der Waals surface area (Å²) in [6.45, 7) is 3.30.